The minimum absolute atomic E-state index is 1.12. The van der Waals surface area contributed by atoms with Gasteiger partial charge >= 0.3 is 0 Å². The summed E-state index contributed by atoms with van der Waals surface area (Å²) in [6.45, 7) is 2.20. The smallest absolute Gasteiger partial charge is 0.0175 e. The molecule has 0 amide bonds. The highest BCUT2D eigenvalue weighted by atomic mass is 32.1. The Morgan fingerprint density at radius 1 is 1.43 bits per heavy atom. The minimum atomic E-state index is 1.12. The maximum absolute atomic E-state index is 5.19. The van der Waals surface area contributed by atoms with Gasteiger partial charge in [-0.3, -0.25) is 0 Å². The fourth-order valence-electron chi connectivity index (χ4n) is 0.435. The fourth-order valence-corrected chi connectivity index (χ4v) is 0.806. The molecule has 0 aliphatic carbocycles. The van der Waals surface area contributed by atoms with Gasteiger partial charge in [0.1, 0.15) is 0 Å². The van der Waals surface area contributed by atoms with Gasteiger partial charge in [0.05, 0.1) is 0 Å². The van der Waals surface area contributed by atoms with Crippen molar-refractivity contribution < 1.29 is 0 Å². The Kier molecular flexibility index (Phi) is 6.00. The standard InChI is InChI=1S/C6H12S/c1-3-4-5-6-7-2/h2H,3-6H2,1H3. The SMILES string of the molecule is C#SCCCCC. The normalized spacial score (nSPS) is 8.57. The van der Waals surface area contributed by atoms with Crippen LogP contribution in [0.1, 0.15) is 26.2 Å². The largest absolute Gasteiger partial charge is 0.138 e. The van der Waals surface area contributed by atoms with E-state index in [0.717, 1.165) is 5.75 Å². The second-order valence-corrected chi connectivity index (χ2v) is 2.32. The van der Waals surface area contributed by atoms with Gasteiger partial charge in [-0.05, 0) is 6.42 Å². The predicted molar refractivity (Wildman–Crippen MR) is 36.9 cm³/mol. The first-order valence-corrected chi connectivity index (χ1v) is 3.78. The quantitative estimate of drug-likeness (QED) is 0.497. The van der Waals surface area contributed by atoms with Crippen LogP contribution in [0.25, 0.3) is 0 Å². The van der Waals surface area contributed by atoms with E-state index in [-0.39, 0.29) is 0 Å². The Bertz CT molecular complexity index is 61.1. The summed E-state index contributed by atoms with van der Waals surface area (Å²) in [5, 5.41) is 0. The molecule has 0 nitrogen and oxygen atoms in total. The molecule has 0 spiro atoms. The summed E-state index contributed by atoms with van der Waals surface area (Å²) in [6.07, 6.45) is 3.89. The molecular formula is C6H12S. The van der Waals surface area contributed by atoms with Gasteiger partial charge in [-0.1, -0.05) is 19.8 Å². The highest BCUT2D eigenvalue weighted by Crippen LogP contribution is 1.95. The van der Waals surface area contributed by atoms with E-state index in [4.69, 9.17) is 5.69 Å². The topological polar surface area (TPSA) is 0 Å². The maximum atomic E-state index is 5.19. The Morgan fingerprint density at radius 3 is 2.57 bits per heavy atom. The van der Waals surface area contributed by atoms with Gasteiger partial charge in [0.15, 0.2) is 0 Å². The molecule has 0 aromatic carbocycles. The average Bonchev–Trinajstić information content (AvgIpc) is 1.69. The summed E-state index contributed by atoms with van der Waals surface area (Å²) < 4.78 is 0. The molecule has 0 N–H and O–H groups in total. The number of unbranched alkanes of at least 4 members (excludes halogenated alkanes) is 2. The zero-order valence-corrected chi connectivity index (χ0v) is 5.63. The van der Waals surface area contributed by atoms with E-state index in [0.29, 0.717) is 0 Å². The molecule has 0 aliphatic heterocycles. The van der Waals surface area contributed by atoms with Crippen LogP contribution in [-0.4, -0.2) is 5.75 Å². The van der Waals surface area contributed by atoms with E-state index >= 15 is 0 Å². The zero-order chi connectivity index (χ0) is 5.54. The van der Waals surface area contributed by atoms with Crippen molar-refractivity contribution in [2.45, 2.75) is 26.2 Å². The molecule has 0 aliphatic rings. The second-order valence-electron chi connectivity index (χ2n) is 1.58. The molecule has 0 saturated carbocycles. The van der Waals surface area contributed by atoms with Crippen molar-refractivity contribution in [3.05, 3.63) is 0 Å². The Morgan fingerprint density at radius 2 is 2.14 bits per heavy atom. The van der Waals surface area contributed by atoms with E-state index in [1.54, 1.807) is 0 Å². The van der Waals surface area contributed by atoms with Gasteiger partial charge in [0.25, 0.3) is 0 Å². The molecule has 0 radical (unpaired) electrons. The van der Waals surface area contributed by atoms with E-state index in [1.807, 2.05) is 0 Å². The molecule has 0 unspecified atom stereocenters. The third kappa shape index (κ3) is 6.00. The molecule has 0 bridgehead atoms. The lowest BCUT2D eigenvalue weighted by Gasteiger charge is -1.86. The van der Waals surface area contributed by atoms with Gasteiger partial charge in [0.2, 0.25) is 0 Å². The minimum Gasteiger partial charge on any atom is -0.138 e. The second kappa shape index (κ2) is 6.00. The number of rotatable bonds is 3. The van der Waals surface area contributed by atoms with Crippen molar-refractivity contribution in [1.82, 2.24) is 0 Å². The lowest BCUT2D eigenvalue weighted by molar-refractivity contribution is 0.780. The van der Waals surface area contributed by atoms with E-state index < -0.39 is 0 Å². The van der Waals surface area contributed by atoms with Crippen LogP contribution < -0.4 is 0 Å². The first-order chi connectivity index (χ1) is 3.41. The molecule has 1 heteroatoms. The summed E-state index contributed by atoms with van der Waals surface area (Å²) in [6, 6.07) is 0. The van der Waals surface area contributed by atoms with Gasteiger partial charge in [0, 0.05) is 5.75 Å². The van der Waals surface area contributed by atoms with Gasteiger partial charge in [-0.25, -0.2) is 0 Å². The van der Waals surface area contributed by atoms with Crippen LogP contribution >= 0.6 is 11.2 Å². The molecule has 0 saturated heterocycles. The van der Waals surface area contributed by atoms with Gasteiger partial charge < -0.3 is 0 Å². The van der Waals surface area contributed by atoms with Gasteiger partial charge in [-0.15, -0.1) is 16.9 Å². The lowest BCUT2D eigenvalue weighted by atomic mass is 10.3. The summed E-state index contributed by atoms with van der Waals surface area (Å²) in [7, 11) is 0. The monoisotopic (exact) mass is 116 g/mol. The van der Waals surface area contributed by atoms with Crippen LogP contribution in [0.3, 0.4) is 0 Å². The fraction of sp³-hybridized carbons (Fsp3) is 0.833. The van der Waals surface area contributed by atoms with Crippen molar-refractivity contribution in [1.29, 1.82) is 0 Å². The Balaban J connectivity index is 2.60. The van der Waals surface area contributed by atoms with Crippen molar-refractivity contribution in [2.75, 3.05) is 5.75 Å². The zero-order valence-electron chi connectivity index (χ0n) is 4.81. The average molecular weight is 116 g/mol. The van der Waals surface area contributed by atoms with E-state index in [9.17, 15) is 0 Å². The highest BCUT2D eigenvalue weighted by molar-refractivity contribution is 7.88. The van der Waals surface area contributed by atoms with Crippen LogP contribution in [-0.2, 0) is 0 Å². The van der Waals surface area contributed by atoms with Crippen LogP contribution in [0, 0.1) is 5.69 Å². The van der Waals surface area contributed by atoms with Crippen LogP contribution in [0.2, 0.25) is 0 Å². The summed E-state index contributed by atoms with van der Waals surface area (Å²) in [4.78, 5) is 0. The van der Waals surface area contributed by atoms with Crippen LogP contribution in [0.15, 0.2) is 0 Å². The van der Waals surface area contributed by atoms with Gasteiger partial charge in [-0.2, -0.15) is 0 Å². The van der Waals surface area contributed by atoms with Crippen molar-refractivity contribution >= 4 is 11.2 Å². The summed E-state index contributed by atoms with van der Waals surface area (Å²) in [5.74, 6) is 1.12. The highest BCUT2D eigenvalue weighted by Gasteiger charge is 1.77. The molecule has 0 aromatic heterocycles. The first kappa shape index (κ1) is 7.00. The van der Waals surface area contributed by atoms with Crippen LogP contribution in [0.5, 0.6) is 0 Å². The van der Waals surface area contributed by atoms with Crippen LogP contribution in [0.4, 0.5) is 0 Å². The van der Waals surface area contributed by atoms with E-state index in [2.05, 4.69) is 6.92 Å². The molecule has 0 aromatic rings. The molecular weight excluding hydrogens is 104 g/mol. The van der Waals surface area contributed by atoms with Crippen molar-refractivity contribution in [3.8, 4) is 5.69 Å². The molecule has 0 atom stereocenters. The summed E-state index contributed by atoms with van der Waals surface area (Å²) in [5.41, 5.74) is 5.19. The maximum Gasteiger partial charge on any atom is 0.0175 e. The lowest BCUT2D eigenvalue weighted by Crippen LogP contribution is -1.71. The molecule has 0 fully saturated rings. The third-order valence-corrected chi connectivity index (χ3v) is 1.39. The molecule has 7 heavy (non-hydrogen) atoms. The number of hydrogen-bond donors (Lipinski definition) is 0. The first-order valence-electron chi connectivity index (χ1n) is 2.73. The summed E-state index contributed by atoms with van der Waals surface area (Å²) >= 11 is 1.44. The van der Waals surface area contributed by atoms with Crippen molar-refractivity contribution in [2.24, 2.45) is 0 Å². The van der Waals surface area contributed by atoms with Crippen molar-refractivity contribution in [3.63, 3.8) is 0 Å². The molecule has 42 valence electrons. The third-order valence-electron chi connectivity index (χ3n) is 0.866. The Labute approximate surface area is 49.5 Å². The number of hydrogen-bond acceptors (Lipinski definition) is 0. The molecule has 0 heterocycles. The van der Waals surface area contributed by atoms with E-state index in [1.165, 1.54) is 30.4 Å². The molecule has 0 rings (SSSR count). The predicted octanol–water partition coefficient (Wildman–Crippen LogP) is 2.50. The Hall–Kier alpha value is 0.